The lowest BCUT2D eigenvalue weighted by Gasteiger charge is -2.40. The van der Waals surface area contributed by atoms with Crippen molar-refractivity contribution >= 4 is 60.2 Å². The van der Waals surface area contributed by atoms with E-state index in [1.807, 2.05) is 6.07 Å². The topological polar surface area (TPSA) is 42.1 Å². The van der Waals surface area contributed by atoms with Gasteiger partial charge in [-0.1, -0.05) is 111 Å². The molecule has 2 aromatic heterocycles. The van der Waals surface area contributed by atoms with Crippen molar-refractivity contribution in [2.75, 3.05) is 0 Å². The molecule has 2 N–H and O–H groups in total. The van der Waals surface area contributed by atoms with Crippen molar-refractivity contribution in [1.82, 2.24) is 15.2 Å². The van der Waals surface area contributed by atoms with Gasteiger partial charge in [0.05, 0.1) is 11.0 Å². The van der Waals surface area contributed by atoms with E-state index in [0.717, 1.165) is 21.9 Å². The van der Waals surface area contributed by atoms with E-state index in [0.29, 0.717) is 0 Å². The minimum atomic E-state index is -0.190. The van der Waals surface area contributed by atoms with E-state index < -0.39 is 0 Å². The van der Waals surface area contributed by atoms with E-state index in [-0.39, 0.29) is 17.7 Å². The molecule has 3 heterocycles. The Balaban J connectivity index is 1.28. The number of hydrogen-bond donors (Lipinski definition) is 2. The van der Waals surface area contributed by atoms with Crippen LogP contribution in [-0.4, -0.2) is 4.57 Å². The number of hydrogen-bond acceptors (Lipinski definition) is 3. The Bertz CT molecular complexity index is 2550. The van der Waals surface area contributed by atoms with Crippen LogP contribution in [0.3, 0.4) is 0 Å². The number of nitrogens with one attached hydrogen (secondary N) is 2. The second kappa shape index (κ2) is 8.87. The predicted octanol–water partition coefficient (Wildman–Crippen LogP) is 9.94. The maximum absolute atomic E-state index is 6.34. The van der Waals surface area contributed by atoms with Gasteiger partial charge in [-0.05, 0) is 46.7 Å². The van der Waals surface area contributed by atoms with Gasteiger partial charge in [0.15, 0.2) is 0 Å². The molecular weight excluding hydrogens is 550 g/mol. The lowest BCUT2D eigenvalue weighted by Crippen LogP contribution is -2.46. The van der Waals surface area contributed by atoms with Crippen LogP contribution in [0.4, 0.5) is 0 Å². The minimum absolute atomic E-state index is 0.106. The molecular formula is C41H31N3O. The molecule has 0 spiro atoms. The molecule has 0 bridgehead atoms. The fourth-order valence-electron chi connectivity index (χ4n) is 8.29. The van der Waals surface area contributed by atoms with Crippen LogP contribution < -0.4 is 10.6 Å². The summed E-state index contributed by atoms with van der Waals surface area (Å²) in [7, 11) is 0. The zero-order valence-electron chi connectivity index (χ0n) is 25.1. The van der Waals surface area contributed by atoms with Crippen LogP contribution in [0.25, 0.3) is 60.2 Å². The summed E-state index contributed by atoms with van der Waals surface area (Å²) < 4.78 is 8.90. The van der Waals surface area contributed by atoms with Gasteiger partial charge >= 0.3 is 0 Å². The number of fused-ring (bicyclic) bond motifs is 9. The average molecular weight is 582 g/mol. The van der Waals surface area contributed by atoms with Gasteiger partial charge in [-0.3, -0.25) is 5.32 Å². The Labute approximate surface area is 260 Å². The van der Waals surface area contributed by atoms with Gasteiger partial charge in [0, 0.05) is 49.4 Å². The first kappa shape index (κ1) is 25.1. The van der Waals surface area contributed by atoms with Crippen molar-refractivity contribution in [2.24, 2.45) is 0 Å². The highest BCUT2D eigenvalue weighted by atomic mass is 16.3. The highest BCUT2D eigenvalue weighted by molar-refractivity contribution is 6.13. The van der Waals surface area contributed by atoms with E-state index in [4.69, 9.17) is 4.42 Å². The van der Waals surface area contributed by atoms with Crippen LogP contribution in [0.5, 0.6) is 0 Å². The molecule has 8 aromatic rings. The fourth-order valence-corrected chi connectivity index (χ4v) is 8.29. The van der Waals surface area contributed by atoms with Crippen LogP contribution in [0.2, 0.25) is 0 Å². The molecule has 216 valence electrons. The number of rotatable bonds is 2. The molecule has 10 rings (SSSR count). The van der Waals surface area contributed by atoms with Crippen molar-refractivity contribution in [3.8, 4) is 0 Å². The van der Waals surface area contributed by atoms with Crippen LogP contribution >= 0.6 is 0 Å². The molecule has 0 fully saturated rings. The summed E-state index contributed by atoms with van der Waals surface area (Å²) in [6, 6.07) is 46.0. The van der Waals surface area contributed by atoms with E-state index in [1.54, 1.807) is 0 Å². The third kappa shape index (κ3) is 3.35. The van der Waals surface area contributed by atoms with E-state index in [1.165, 1.54) is 60.5 Å². The molecule has 6 aromatic carbocycles. The lowest BCUT2D eigenvalue weighted by molar-refractivity contribution is 0.341. The molecule has 2 atom stereocenters. The first-order valence-corrected chi connectivity index (χ1v) is 15.8. The van der Waals surface area contributed by atoms with Gasteiger partial charge < -0.3 is 14.3 Å². The van der Waals surface area contributed by atoms with Crippen molar-refractivity contribution in [3.05, 3.63) is 150 Å². The number of para-hydroxylation sites is 2. The summed E-state index contributed by atoms with van der Waals surface area (Å²) in [5.41, 5.74) is 10.5. The molecule has 45 heavy (non-hydrogen) atoms. The minimum Gasteiger partial charge on any atom is -0.456 e. The summed E-state index contributed by atoms with van der Waals surface area (Å²) in [6.45, 7) is 4.75. The third-order valence-electron chi connectivity index (χ3n) is 10.3. The SMILES string of the molecule is CC1(C)C2=C(NC(c3cccc4oc5ccccc5c34)NC2n2c3ccccc3c3cc4ccccc4cc32)c2ccccc21. The molecule has 2 aliphatic rings. The maximum atomic E-state index is 6.34. The highest BCUT2D eigenvalue weighted by Gasteiger charge is 2.46. The average Bonchev–Trinajstić information content (AvgIpc) is 3.69. The fraction of sp³-hybridized carbons (Fsp3) is 0.122. The van der Waals surface area contributed by atoms with Gasteiger partial charge in [0.2, 0.25) is 0 Å². The number of nitrogens with zero attached hydrogens (tertiary/aromatic N) is 1. The standard InChI is InChI=1S/C41H31N3O/c1-41(2)31-18-8-5-15-27(31)38-37(41)40(43-39(42-38)29-17-11-21-35-36(29)28-16-7-10-20-34(28)45-35)44-32-19-9-6-14-26(32)30-22-24-12-3-4-13-25(24)23-33(30)44/h3-23,39-40,42-43H,1-2H3. The van der Waals surface area contributed by atoms with Crippen molar-refractivity contribution in [2.45, 2.75) is 31.6 Å². The number of benzene rings is 6. The van der Waals surface area contributed by atoms with Gasteiger partial charge in [-0.25, -0.2) is 0 Å². The summed E-state index contributed by atoms with van der Waals surface area (Å²) in [5.74, 6) is 0. The van der Waals surface area contributed by atoms with Crippen molar-refractivity contribution in [3.63, 3.8) is 0 Å². The quantitative estimate of drug-likeness (QED) is 0.213. The Kier molecular flexibility index (Phi) is 4.94. The molecule has 2 unspecified atom stereocenters. The van der Waals surface area contributed by atoms with Crippen LogP contribution in [-0.2, 0) is 5.41 Å². The summed E-state index contributed by atoms with van der Waals surface area (Å²) in [5, 5.41) is 15.5. The molecule has 0 saturated carbocycles. The Morgan fingerprint density at radius 2 is 1.36 bits per heavy atom. The normalized spacial score (nSPS) is 19.1. The summed E-state index contributed by atoms with van der Waals surface area (Å²) >= 11 is 0. The van der Waals surface area contributed by atoms with Gasteiger partial charge in [-0.15, -0.1) is 0 Å². The third-order valence-corrected chi connectivity index (χ3v) is 10.3. The molecule has 0 radical (unpaired) electrons. The first-order chi connectivity index (χ1) is 22.1. The Hall–Kier alpha value is -5.32. The van der Waals surface area contributed by atoms with Crippen LogP contribution in [0.15, 0.2) is 137 Å². The van der Waals surface area contributed by atoms with Crippen LogP contribution in [0.1, 0.15) is 42.9 Å². The van der Waals surface area contributed by atoms with E-state index >= 15 is 0 Å². The number of furan rings is 1. The second-order valence-corrected chi connectivity index (χ2v) is 13.0. The largest absolute Gasteiger partial charge is 0.456 e. The Morgan fingerprint density at radius 3 is 2.24 bits per heavy atom. The lowest BCUT2D eigenvalue weighted by atomic mass is 9.79. The molecule has 0 saturated heterocycles. The summed E-state index contributed by atoms with van der Waals surface area (Å²) in [6.07, 6.45) is -0.261. The van der Waals surface area contributed by atoms with Gasteiger partial charge in [-0.2, -0.15) is 0 Å². The molecule has 1 aliphatic carbocycles. The molecule has 1 aliphatic heterocycles. The molecule has 0 amide bonds. The first-order valence-electron chi connectivity index (χ1n) is 15.8. The highest BCUT2D eigenvalue weighted by Crippen LogP contribution is 2.53. The van der Waals surface area contributed by atoms with Gasteiger partial charge in [0.1, 0.15) is 23.5 Å². The molecule has 4 heteroatoms. The van der Waals surface area contributed by atoms with Crippen molar-refractivity contribution in [1.29, 1.82) is 0 Å². The van der Waals surface area contributed by atoms with Gasteiger partial charge in [0.25, 0.3) is 0 Å². The predicted molar refractivity (Wildman–Crippen MR) is 185 cm³/mol. The monoisotopic (exact) mass is 581 g/mol. The maximum Gasteiger partial charge on any atom is 0.135 e. The number of aromatic nitrogens is 1. The van der Waals surface area contributed by atoms with E-state index in [2.05, 4.69) is 150 Å². The summed E-state index contributed by atoms with van der Waals surface area (Å²) in [4.78, 5) is 0. The zero-order valence-corrected chi connectivity index (χ0v) is 25.1. The Morgan fingerprint density at radius 1 is 0.644 bits per heavy atom. The van der Waals surface area contributed by atoms with Crippen molar-refractivity contribution < 1.29 is 4.42 Å². The zero-order chi connectivity index (χ0) is 29.9. The second-order valence-electron chi connectivity index (χ2n) is 13.0. The van der Waals surface area contributed by atoms with Crippen LogP contribution in [0, 0.1) is 0 Å². The smallest absolute Gasteiger partial charge is 0.135 e. The molecule has 4 nitrogen and oxygen atoms in total. The van der Waals surface area contributed by atoms with E-state index in [9.17, 15) is 0 Å².